The first kappa shape index (κ1) is 9.88. The largest absolute Gasteiger partial charge is 0.329 e. The minimum absolute atomic E-state index is 0.185. The van der Waals surface area contributed by atoms with E-state index in [-0.39, 0.29) is 11.6 Å². The number of nitrogens with zero attached hydrogens (tertiary/aromatic N) is 1. The van der Waals surface area contributed by atoms with Crippen molar-refractivity contribution in [3.05, 3.63) is 28.2 Å². The second-order valence-electron chi connectivity index (χ2n) is 2.93. The van der Waals surface area contributed by atoms with E-state index >= 15 is 0 Å². The first-order chi connectivity index (χ1) is 6.22. The molecule has 0 radical (unpaired) electrons. The number of aromatic amines is 1. The van der Waals surface area contributed by atoms with Crippen LogP contribution in [-0.2, 0) is 6.54 Å². The van der Waals surface area contributed by atoms with Crippen LogP contribution in [0.4, 0.5) is 0 Å². The van der Waals surface area contributed by atoms with E-state index in [2.05, 4.69) is 15.5 Å². The molecular formula is C8H14N4O. The zero-order valence-corrected chi connectivity index (χ0v) is 7.58. The van der Waals surface area contributed by atoms with E-state index in [0.717, 1.165) is 5.69 Å². The lowest BCUT2D eigenvalue weighted by Crippen LogP contribution is -2.33. The summed E-state index contributed by atoms with van der Waals surface area (Å²) in [5, 5.41) is 9.37. The van der Waals surface area contributed by atoms with Crippen LogP contribution in [0.25, 0.3) is 0 Å². The summed E-state index contributed by atoms with van der Waals surface area (Å²) in [6.07, 6.45) is 0. The Labute approximate surface area is 76.4 Å². The summed E-state index contributed by atoms with van der Waals surface area (Å²) in [4.78, 5) is 10.7. The molecule has 0 aromatic carbocycles. The fourth-order valence-electron chi connectivity index (χ4n) is 0.834. The van der Waals surface area contributed by atoms with Crippen LogP contribution in [0.3, 0.4) is 0 Å². The van der Waals surface area contributed by atoms with E-state index in [1.165, 1.54) is 6.07 Å². The summed E-state index contributed by atoms with van der Waals surface area (Å²) in [5.41, 5.74) is 6.04. The maximum absolute atomic E-state index is 10.7. The molecule has 1 aromatic heterocycles. The van der Waals surface area contributed by atoms with Gasteiger partial charge in [0.1, 0.15) is 0 Å². The standard InChI is InChI=1S/C8H14N4O/c1-6(4-9)10-5-7-2-3-8(13)12-11-7/h2-3,6,10H,4-5,9H2,1H3,(H,12,13)/t6-/m1/s1. The predicted molar refractivity (Wildman–Crippen MR) is 50.2 cm³/mol. The van der Waals surface area contributed by atoms with E-state index in [0.29, 0.717) is 13.1 Å². The van der Waals surface area contributed by atoms with Crippen LogP contribution in [0.1, 0.15) is 12.6 Å². The highest BCUT2D eigenvalue weighted by Crippen LogP contribution is 1.88. The molecule has 0 bridgehead atoms. The molecule has 13 heavy (non-hydrogen) atoms. The van der Waals surface area contributed by atoms with Crippen molar-refractivity contribution in [3.63, 3.8) is 0 Å². The van der Waals surface area contributed by atoms with Crippen molar-refractivity contribution >= 4 is 0 Å². The second kappa shape index (κ2) is 4.74. The van der Waals surface area contributed by atoms with Crippen molar-refractivity contribution in [2.75, 3.05) is 6.54 Å². The highest BCUT2D eigenvalue weighted by Gasteiger charge is 1.98. The molecule has 4 N–H and O–H groups in total. The third kappa shape index (κ3) is 3.35. The summed E-state index contributed by atoms with van der Waals surface area (Å²) >= 11 is 0. The lowest BCUT2D eigenvalue weighted by molar-refractivity contribution is 0.547. The van der Waals surface area contributed by atoms with Gasteiger partial charge >= 0.3 is 0 Å². The van der Waals surface area contributed by atoms with Gasteiger partial charge in [-0.15, -0.1) is 0 Å². The molecule has 0 aliphatic heterocycles. The minimum Gasteiger partial charge on any atom is -0.329 e. The normalized spacial score (nSPS) is 12.8. The Morgan fingerprint density at radius 1 is 1.69 bits per heavy atom. The van der Waals surface area contributed by atoms with Crippen molar-refractivity contribution in [2.24, 2.45) is 5.73 Å². The van der Waals surface area contributed by atoms with Gasteiger partial charge in [0.15, 0.2) is 0 Å². The topological polar surface area (TPSA) is 83.8 Å². The predicted octanol–water partition coefficient (Wildman–Crippen LogP) is -0.793. The average molecular weight is 182 g/mol. The van der Waals surface area contributed by atoms with Crippen LogP contribution in [0.15, 0.2) is 16.9 Å². The molecule has 0 aliphatic rings. The maximum atomic E-state index is 10.7. The van der Waals surface area contributed by atoms with Gasteiger partial charge in [-0.25, -0.2) is 5.10 Å². The molecule has 0 unspecified atom stereocenters. The van der Waals surface area contributed by atoms with Crippen LogP contribution >= 0.6 is 0 Å². The number of rotatable bonds is 4. The number of hydrogen-bond acceptors (Lipinski definition) is 4. The van der Waals surface area contributed by atoms with E-state index in [1.54, 1.807) is 6.07 Å². The fraction of sp³-hybridized carbons (Fsp3) is 0.500. The molecule has 0 saturated carbocycles. The van der Waals surface area contributed by atoms with Gasteiger partial charge in [0.25, 0.3) is 5.56 Å². The van der Waals surface area contributed by atoms with E-state index < -0.39 is 0 Å². The van der Waals surface area contributed by atoms with Crippen LogP contribution < -0.4 is 16.6 Å². The van der Waals surface area contributed by atoms with Crippen LogP contribution in [0.2, 0.25) is 0 Å². The molecule has 1 rings (SSSR count). The Morgan fingerprint density at radius 3 is 3.00 bits per heavy atom. The summed E-state index contributed by atoms with van der Waals surface area (Å²) in [6.45, 7) is 3.20. The van der Waals surface area contributed by atoms with Gasteiger partial charge in [-0.2, -0.15) is 5.10 Å². The van der Waals surface area contributed by atoms with Gasteiger partial charge in [-0.05, 0) is 13.0 Å². The fourth-order valence-corrected chi connectivity index (χ4v) is 0.834. The van der Waals surface area contributed by atoms with Gasteiger partial charge < -0.3 is 11.1 Å². The van der Waals surface area contributed by atoms with Crippen molar-refractivity contribution < 1.29 is 0 Å². The third-order valence-corrected chi connectivity index (χ3v) is 1.72. The molecule has 5 heteroatoms. The van der Waals surface area contributed by atoms with Gasteiger partial charge in [0.2, 0.25) is 0 Å². The zero-order valence-electron chi connectivity index (χ0n) is 7.58. The highest BCUT2D eigenvalue weighted by atomic mass is 16.1. The van der Waals surface area contributed by atoms with Gasteiger partial charge in [-0.3, -0.25) is 4.79 Å². The molecule has 5 nitrogen and oxygen atoms in total. The molecule has 0 spiro atoms. The van der Waals surface area contributed by atoms with Gasteiger partial charge in [-0.1, -0.05) is 0 Å². The first-order valence-electron chi connectivity index (χ1n) is 4.20. The van der Waals surface area contributed by atoms with E-state index in [9.17, 15) is 4.79 Å². The molecule has 0 amide bonds. The number of hydrogen-bond donors (Lipinski definition) is 3. The van der Waals surface area contributed by atoms with E-state index in [4.69, 9.17) is 5.73 Å². The maximum Gasteiger partial charge on any atom is 0.264 e. The Hall–Kier alpha value is -1.20. The number of aromatic nitrogens is 2. The van der Waals surface area contributed by atoms with Crippen molar-refractivity contribution in [2.45, 2.75) is 19.5 Å². The second-order valence-corrected chi connectivity index (χ2v) is 2.93. The number of nitrogens with two attached hydrogens (primary N) is 1. The molecule has 1 atom stereocenters. The SMILES string of the molecule is C[C@H](CN)NCc1ccc(=O)[nH]n1. The Kier molecular flexibility index (Phi) is 3.60. The van der Waals surface area contributed by atoms with E-state index in [1.807, 2.05) is 6.92 Å². The lowest BCUT2D eigenvalue weighted by Gasteiger charge is -2.09. The van der Waals surface area contributed by atoms with Crippen molar-refractivity contribution in [1.29, 1.82) is 0 Å². The quantitative estimate of drug-likeness (QED) is 0.569. The summed E-state index contributed by atoms with van der Waals surface area (Å²) < 4.78 is 0. The number of nitrogens with one attached hydrogen (secondary N) is 2. The summed E-state index contributed by atoms with van der Waals surface area (Å²) in [6, 6.07) is 3.40. The smallest absolute Gasteiger partial charge is 0.264 e. The first-order valence-corrected chi connectivity index (χ1v) is 4.20. The Morgan fingerprint density at radius 2 is 2.46 bits per heavy atom. The summed E-state index contributed by atoms with van der Waals surface area (Å²) in [7, 11) is 0. The number of H-pyrrole nitrogens is 1. The third-order valence-electron chi connectivity index (χ3n) is 1.72. The molecule has 72 valence electrons. The molecule has 0 aliphatic carbocycles. The molecule has 1 aromatic rings. The van der Waals surface area contributed by atoms with Gasteiger partial charge in [0.05, 0.1) is 5.69 Å². The monoisotopic (exact) mass is 182 g/mol. The van der Waals surface area contributed by atoms with Crippen LogP contribution in [-0.4, -0.2) is 22.8 Å². The lowest BCUT2D eigenvalue weighted by atomic mass is 10.3. The molecule has 0 fully saturated rings. The zero-order chi connectivity index (χ0) is 9.68. The minimum atomic E-state index is -0.185. The summed E-state index contributed by atoms with van der Waals surface area (Å²) in [5.74, 6) is 0. The van der Waals surface area contributed by atoms with Crippen molar-refractivity contribution in [1.82, 2.24) is 15.5 Å². The average Bonchev–Trinajstić information content (AvgIpc) is 2.16. The highest BCUT2D eigenvalue weighted by molar-refractivity contribution is 4.98. The molecule has 0 saturated heterocycles. The van der Waals surface area contributed by atoms with Crippen LogP contribution in [0.5, 0.6) is 0 Å². The van der Waals surface area contributed by atoms with Gasteiger partial charge in [0, 0.05) is 25.2 Å². The van der Waals surface area contributed by atoms with Crippen LogP contribution in [0, 0.1) is 0 Å². The Bertz CT molecular complexity index is 289. The molecule has 1 heterocycles. The van der Waals surface area contributed by atoms with Crippen molar-refractivity contribution in [3.8, 4) is 0 Å². The Balaban J connectivity index is 2.46. The molecular weight excluding hydrogens is 168 g/mol.